The highest BCUT2D eigenvalue weighted by atomic mass is 32.1. The molecule has 1 saturated carbocycles. The van der Waals surface area contributed by atoms with Crippen LogP contribution in [0, 0.1) is 11.8 Å². The van der Waals surface area contributed by atoms with E-state index in [4.69, 9.17) is 21.6 Å². The average Bonchev–Trinajstić information content (AvgIpc) is 3.50. The van der Waals surface area contributed by atoms with E-state index in [1.165, 1.54) is 0 Å². The Kier molecular flexibility index (Phi) is 5.02. The van der Waals surface area contributed by atoms with Crippen LogP contribution in [0.1, 0.15) is 31.2 Å². The Labute approximate surface area is 201 Å². The minimum atomic E-state index is -0.205. The molecule has 4 N–H and O–H groups in total. The van der Waals surface area contributed by atoms with Crippen LogP contribution in [-0.2, 0) is 4.79 Å². The number of nitrogens with two attached hydrogens (primary N) is 2. The number of thiophene rings is 1. The maximum absolute atomic E-state index is 11.6. The number of nitrogens with zero attached hydrogens (tertiary/aromatic N) is 4. The van der Waals surface area contributed by atoms with Gasteiger partial charge in [0.2, 0.25) is 11.6 Å². The number of fused-ring (bicyclic) bond motifs is 2. The minimum absolute atomic E-state index is 0.00922. The molecule has 1 atom stereocenters. The zero-order chi connectivity index (χ0) is 23.3. The molecule has 170 valence electrons. The van der Waals surface area contributed by atoms with Gasteiger partial charge in [-0.25, -0.2) is 4.98 Å². The van der Waals surface area contributed by atoms with Crippen LogP contribution in [0.5, 0.6) is 0 Å². The number of rotatable bonds is 4. The summed E-state index contributed by atoms with van der Waals surface area (Å²) >= 11 is 1.68. The number of allylic oxidation sites excluding steroid dienone is 2. The van der Waals surface area contributed by atoms with Crippen molar-refractivity contribution in [1.29, 1.82) is 0 Å². The highest BCUT2D eigenvalue weighted by Crippen LogP contribution is 2.41. The molecular formula is C26H25N6OS+. The molecule has 34 heavy (non-hydrogen) atoms. The van der Waals surface area contributed by atoms with Crippen molar-refractivity contribution in [2.45, 2.75) is 25.7 Å². The first kappa shape index (κ1) is 21.1. The predicted octanol–water partition coefficient (Wildman–Crippen LogP) is 4.47. The molecule has 3 aromatic rings. The molecule has 1 aliphatic carbocycles. The maximum atomic E-state index is 11.6. The van der Waals surface area contributed by atoms with E-state index in [1.807, 2.05) is 18.5 Å². The molecule has 1 fully saturated rings. The minimum Gasteiger partial charge on any atom is -0.369 e. The predicted molar refractivity (Wildman–Crippen MR) is 135 cm³/mol. The van der Waals surface area contributed by atoms with Gasteiger partial charge in [-0.15, -0.1) is 15.9 Å². The SMILES string of the molecule is NC(=O)C1CCC(C2=C3C=NC=C[N+]3(N)C(c3ccc4ccc(-c5cccs5)nc4c3)=N2)CC1. The van der Waals surface area contributed by atoms with Gasteiger partial charge >= 0.3 is 0 Å². The summed E-state index contributed by atoms with van der Waals surface area (Å²) in [5.74, 6) is 7.68. The van der Waals surface area contributed by atoms with Gasteiger partial charge in [-0.2, -0.15) is 10.8 Å². The normalized spacial score (nSPS) is 26.1. The molecule has 0 radical (unpaired) electrons. The van der Waals surface area contributed by atoms with E-state index >= 15 is 0 Å². The van der Waals surface area contributed by atoms with Gasteiger partial charge in [0.25, 0.3) is 5.84 Å². The monoisotopic (exact) mass is 469 g/mol. The lowest BCUT2D eigenvalue weighted by Gasteiger charge is -2.28. The standard InChI is InChI=1S/C26H24N6OS/c27-25(33)18-6-4-17(5-7-18)24-22-15-29-11-12-32(22,28)26(31-24)19-8-3-16-9-10-20(30-21(16)14-19)23-2-1-13-34-23/h1-3,8-15,17-18H,4-7,28H2,(H-,27,33)/p+1. The van der Waals surface area contributed by atoms with Crippen molar-refractivity contribution in [3.8, 4) is 10.6 Å². The number of aromatic nitrogens is 1. The van der Waals surface area contributed by atoms with Crippen molar-refractivity contribution in [3.05, 3.63) is 77.2 Å². The van der Waals surface area contributed by atoms with E-state index in [0.717, 1.165) is 70.0 Å². The smallest absolute Gasteiger partial charge is 0.264 e. The highest BCUT2D eigenvalue weighted by molar-refractivity contribution is 7.13. The Balaban J connectivity index is 1.39. The Hall–Kier alpha value is -3.46. The number of carbonyl (C=O) groups is 1. The maximum Gasteiger partial charge on any atom is 0.264 e. The number of hydrogen-bond acceptors (Lipinski definition) is 6. The third kappa shape index (κ3) is 3.42. The van der Waals surface area contributed by atoms with Crippen LogP contribution in [-0.4, -0.2) is 27.5 Å². The summed E-state index contributed by atoms with van der Waals surface area (Å²) in [6.07, 6.45) is 8.71. The van der Waals surface area contributed by atoms with Gasteiger partial charge in [-0.05, 0) is 55.3 Å². The average molecular weight is 470 g/mol. The molecule has 1 aromatic carbocycles. The second-order valence-corrected chi connectivity index (χ2v) is 10.0. The molecule has 8 heteroatoms. The first-order chi connectivity index (χ1) is 16.5. The molecule has 0 saturated heterocycles. The lowest BCUT2D eigenvalue weighted by atomic mass is 9.80. The molecule has 3 aliphatic rings. The number of aliphatic imine (C=N–C) groups is 2. The van der Waals surface area contributed by atoms with Crippen molar-refractivity contribution < 1.29 is 9.39 Å². The fraction of sp³-hybridized carbons (Fsp3) is 0.231. The van der Waals surface area contributed by atoms with Crippen molar-refractivity contribution in [2.24, 2.45) is 33.4 Å². The molecular weight excluding hydrogens is 444 g/mol. The van der Waals surface area contributed by atoms with Gasteiger partial charge in [-0.3, -0.25) is 9.79 Å². The largest absolute Gasteiger partial charge is 0.369 e. The van der Waals surface area contributed by atoms with Crippen molar-refractivity contribution in [2.75, 3.05) is 0 Å². The molecule has 6 rings (SSSR count). The third-order valence-electron chi connectivity index (χ3n) is 7.06. The molecule has 2 aliphatic heterocycles. The lowest BCUT2D eigenvalue weighted by molar-refractivity contribution is -0.750. The quantitative estimate of drug-likeness (QED) is 0.435. The summed E-state index contributed by atoms with van der Waals surface area (Å²) in [6.45, 7) is 0. The first-order valence-corrected chi connectivity index (χ1v) is 12.4. The zero-order valence-corrected chi connectivity index (χ0v) is 19.4. The van der Waals surface area contributed by atoms with E-state index in [1.54, 1.807) is 17.5 Å². The number of pyridine rings is 1. The Morgan fingerprint density at radius 1 is 1.09 bits per heavy atom. The van der Waals surface area contributed by atoms with Crippen LogP contribution in [0.4, 0.5) is 0 Å². The number of amidine groups is 1. The summed E-state index contributed by atoms with van der Waals surface area (Å²) in [5.41, 5.74) is 10.2. The van der Waals surface area contributed by atoms with E-state index in [9.17, 15) is 4.79 Å². The van der Waals surface area contributed by atoms with Crippen molar-refractivity contribution in [3.63, 3.8) is 0 Å². The first-order valence-electron chi connectivity index (χ1n) is 11.5. The molecule has 1 unspecified atom stereocenters. The zero-order valence-electron chi connectivity index (χ0n) is 18.6. The van der Waals surface area contributed by atoms with Crippen LogP contribution >= 0.6 is 11.3 Å². The number of amides is 1. The molecule has 0 bridgehead atoms. The molecule has 2 aromatic heterocycles. The van der Waals surface area contributed by atoms with Gasteiger partial charge in [0.1, 0.15) is 11.9 Å². The van der Waals surface area contributed by atoms with Crippen LogP contribution in [0.25, 0.3) is 21.5 Å². The Morgan fingerprint density at radius 3 is 2.68 bits per heavy atom. The van der Waals surface area contributed by atoms with E-state index in [2.05, 4.69) is 46.8 Å². The van der Waals surface area contributed by atoms with Gasteiger partial charge in [0.05, 0.1) is 34.1 Å². The summed E-state index contributed by atoms with van der Waals surface area (Å²) in [6, 6.07) is 14.5. The van der Waals surface area contributed by atoms with Crippen LogP contribution in [0.3, 0.4) is 0 Å². The Bertz CT molecular complexity index is 1410. The summed E-state index contributed by atoms with van der Waals surface area (Å²) in [5, 5.41) is 3.13. The number of hydrogen-bond donors (Lipinski definition) is 2. The second-order valence-electron chi connectivity index (χ2n) is 9.09. The number of primary amides is 1. The van der Waals surface area contributed by atoms with E-state index in [-0.39, 0.29) is 22.3 Å². The van der Waals surface area contributed by atoms with Crippen molar-refractivity contribution in [1.82, 2.24) is 4.98 Å². The Morgan fingerprint density at radius 2 is 1.91 bits per heavy atom. The van der Waals surface area contributed by atoms with E-state index in [0.29, 0.717) is 0 Å². The third-order valence-corrected chi connectivity index (χ3v) is 7.96. The summed E-state index contributed by atoms with van der Waals surface area (Å²) < 4.78 is -0.00922. The van der Waals surface area contributed by atoms with Gasteiger partial charge in [0.15, 0.2) is 0 Å². The summed E-state index contributed by atoms with van der Waals surface area (Å²) in [4.78, 5) is 27.1. The summed E-state index contributed by atoms with van der Waals surface area (Å²) in [7, 11) is 0. The number of carbonyl (C=O) groups excluding carboxylic acids is 1. The topological polar surface area (TPSA) is 107 Å². The van der Waals surface area contributed by atoms with Crippen LogP contribution < -0.4 is 11.6 Å². The van der Waals surface area contributed by atoms with Crippen LogP contribution in [0.15, 0.2) is 81.6 Å². The van der Waals surface area contributed by atoms with E-state index < -0.39 is 0 Å². The van der Waals surface area contributed by atoms with Gasteiger partial charge in [-0.1, -0.05) is 18.2 Å². The van der Waals surface area contributed by atoms with Gasteiger partial charge in [0, 0.05) is 17.2 Å². The molecule has 4 heterocycles. The molecule has 1 amide bonds. The fourth-order valence-electron chi connectivity index (χ4n) is 5.18. The molecule has 7 nitrogen and oxygen atoms in total. The van der Waals surface area contributed by atoms with Gasteiger partial charge < -0.3 is 5.73 Å². The second kappa shape index (κ2) is 8.09. The van der Waals surface area contributed by atoms with Crippen LogP contribution in [0.2, 0.25) is 0 Å². The number of benzene rings is 1. The molecule has 0 spiro atoms. The number of quaternary nitrogens is 1. The fourth-order valence-corrected chi connectivity index (χ4v) is 5.87. The lowest BCUT2D eigenvalue weighted by Crippen LogP contribution is -2.53. The highest BCUT2D eigenvalue weighted by Gasteiger charge is 2.46. The van der Waals surface area contributed by atoms with Crippen molar-refractivity contribution >= 4 is 40.2 Å².